The van der Waals surface area contributed by atoms with Gasteiger partial charge in [-0.3, -0.25) is 4.99 Å². The van der Waals surface area contributed by atoms with E-state index in [1.807, 2.05) is 6.92 Å². The van der Waals surface area contributed by atoms with Crippen LogP contribution >= 0.6 is 0 Å². The zero-order valence-corrected chi connectivity index (χ0v) is 9.01. The number of alkyl halides is 3. The van der Waals surface area contributed by atoms with Crippen LogP contribution in [0.25, 0.3) is 0 Å². The van der Waals surface area contributed by atoms with Crippen molar-refractivity contribution in [2.45, 2.75) is 45.3 Å². The highest BCUT2D eigenvalue weighted by molar-refractivity contribution is 5.80. The molecule has 4 heteroatoms. The lowest BCUT2D eigenvalue weighted by Gasteiger charge is -2.21. The molecule has 1 rings (SSSR count). The minimum absolute atomic E-state index is 0.0105. The molecule has 0 radical (unpaired) electrons. The zero-order chi connectivity index (χ0) is 11.5. The maximum atomic E-state index is 12.3. The van der Waals surface area contributed by atoms with Crippen molar-refractivity contribution in [3.8, 4) is 0 Å². The van der Waals surface area contributed by atoms with E-state index in [9.17, 15) is 13.2 Å². The maximum absolute atomic E-state index is 12.3. The van der Waals surface area contributed by atoms with Crippen LogP contribution in [0.4, 0.5) is 13.2 Å². The van der Waals surface area contributed by atoms with Crippen molar-refractivity contribution in [3.63, 3.8) is 0 Å². The molecule has 0 unspecified atom stereocenters. The Morgan fingerprint density at radius 1 is 1.53 bits per heavy atom. The monoisotopic (exact) mass is 219 g/mol. The summed E-state index contributed by atoms with van der Waals surface area (Å²) in [7, 11) is 0. The molecule has 0 bridgehead atoms. The van der Waals surface area contributed by atoms with Crippen molar-refractivity contribution in [2.75, 3.05) is 0 Å². The smallest absolute Gasteiger partial charge is 0.280 e. The average Bonchev–Trinajstić information content (AvgIpc) is 2.17. The summed E-state index contributed by atoms with van der Waals surface area (Å²) in [4.78, 5) is 3.57. The van der Waals surface area contributed by atoms with Gasteiger partial charge in [0.2, 0.25) is 0 Å². The molecule has 0 amide bonds. The molecule has 0 spiro atoms. The molecule has 0 saturated carbocycles. The lowest BCUT2D eigenvalue weighted by atomic mass is 9.94. The molecular formula is C11H16F3N. The number of hydrogen-bond donors (Lipinski definition) is 0. The molecule has 0 aromatic rings. The third-order valence-corrected chi connectivity index (χ3v) is 2.65. The van der Waals surface area contributed by atoms with Gasteiger partial charge in [-0.2, -0.15) is 13.2 Å². The zero-order valence-electron chi connectivity index (χ0n) is 9.01. The second kappa shape index (κ2) is 4.81. The van der Waals surface area contributed by atoms with Crippen LogP contribution in [0.1, 0.15) is 33.1 Å². The van der Waals surface area contributed by atoms with Gasteiger partial charge in [0.05, 0.1) is 0 Å². The minimum atomic E-state index is -4.20. The van der Waals surface area contributed by atoms with E-state index in [0.717, 1.165) is 18.4 Å². The van der Waals surface area contributed by atoms with E-state index in [0.29, 0.717) is 5.92 Å². The Balaban J connectivity index is 2.57. The Kier molecular flexibility index (Phi) is 3.94. The SMILES string of the molecule is CCC[C@@H](C)C1=CC[C@H](C(F)(F)F)N=C1. The number of nitrogens with zero attached hydrogens (tertiary/aromatic N) is 1. The summed E-state index contributed by atoms with van der Waals surface area (Å²) in [6.45, 7) is 4.09. The summed E-state index contributed by atoms with van der Waals surface area (Å²) in [6, 6.07) is -1.53. The summed E-state index contributed by atoms with van der Waals surface area (Å²) >= 11 is 0. The Morgan fingerprint density at radius 3 is 2.60 bits per heavy atom. The van der Waals surface area contributed by atoms with Crippen molar-refractivity contribution in [1.29, 1.82) is 0 Å². The molecule has 1 aliphatic rings. The van der Waals surface area contributed by atoms with Crippen molar-refractivity contribution >= 4 is 6.21 Å². The van der Waals surface area contributed by atoms with Gasteiger partial charge >= 0.3 is 6.18 Å². The third-order valence-electron chi connectivity index (χ3n) is 2.65. The molecule has 15 heavy (non-hydrogen) atoms. The summed E-state index contributed by atoms with van der Waals surface area (Å²) in [5.74, 6) is 0.313. The van der Waals surface area contributed by atoms with E-state index < -0.39 is 12.2 Å². The fourth-order valence-corrected chi connectivity index (χ4v) is 1.68. The van der Waals surface area contributed by atoms with Crippen molar-refractivity contribution in [2.24, 2.45) is 10.9 Å². The minimum Gasteiger partial charge on any atom is -0.280 e. The summed E-state index contributed by atoms with van der Waals surface area (Å²) in [5.41, 5.74) is 0.942. The first-order chi connectivity index (χ1) is 6.95. The van der Waals surface area contributed by atoms with E-state index >= 15 is 0 Å². The number of aliphatic imine (C=N–C) groups is 1. The van der Waals surface area contributed by atoms with E-state index in [1.54, 1.807) is 6.08 Å². The molecule has 0 aliphatic carbocycles. The van der Waals surface area contributed by atoms with Gasteiger partial charge < -0.3 is 0 Å². The Morgan fingerprint density at radius 2 is 2.20 bits per heavy atom. The summed E-state index contributed by atoms with van der Waals surface area (Å²) in [6.07, 6.45) is 0.882. The van der Waals surface area contributed by atoms with E-state index in [-0.39, 0.29) is 6.42 Å². The van der Waals surface area contributed by atoms with E-state index in [4.69, 9.17) is 0 Å². The van der Waals surface area contributed by atoms with Gasteiger partial charge in [0.1, 0.15) is 6.04 Å². The highest BCUT2D eigenvalue weighted by Crippen LogP contribution is 2.29. The quantitative estimate of drug-likeness (QED) is 0.685. The molecule has 0 aromatic carbocycles. The molecule has 1 aliphatic heterocycles. The van der Waals surface area contributed by atoms with Gasteiger partial charge in [0.25, 0.3) is 0 Å². The first-order valence-electron chi connectivity index (χ1n) is 5.25. The van der Waals surface area contributed by atoms with Gasteiger partial charge in [-0.25, -0.2) is 0 Å². The molecule has 0 aromatic heterocycles. The fraction of sp³-hybridized carbons (Fsp3) is 0.727. The predicted octanol–water partition coefficient (Wildman–Crippen LogP) is 3.75. The van der Waals surface area contributed by atoms with Crippen LogP contribution in [0, 0.1) is 5.92 Å². The van der Waals surface area contributed by atoms with Crippen LogP contribution in [-0.2, 0) is 0 Å². The van der Waals surface area contributed by atoms with Crippen molar-refractivity contribution in [3.05, 3.63) is 11.6 Å². The number of dihydropyridines is 1. The highest BCUT2D eigenvalue weighted by Gasteiger charge is 2.39. The first-order valence-corrected chi connectivity index (χ1v) is 5.25. The largest absolute Gasteiger partial charge is 0.411 e. The molecular weight excluding hydrogens is 203 g/mol. The number of hydrogen-bond acceptors (Lipinski definition) is 1. The van der Waals surface area contributed by atoms with Crippen LogP contribution in [0.15, 0.2) is 16.6 Å². The molecule has 2 atom stereocenters. The molecule has 0 fully saturated rings. The topological polar surface area (TPSA) is 12.4 Å². The van der Waals surface area contributed by atoms with Crippen LogP contribution in [0.3, 0.4) is 0 Å². The summed E-state index contributed by atoms with van der Waals surface area (Å²) < 4.78 is 36.8. The Bertz CT molecular complexity index is 265. The second-order valence-electron chi connectivity index (χ2n) is 3.97. The first kappa shape index (κ1) is 12.3. The number of allylic oxidation sites excluding steroid dienone is 1. The van der Waals surface area contributed by atoms with Gasteiger partial charge in [-0.1, -0.05) is 26.3 Å². The van der Waals surface area contributed by atoms with Crippen molar-refractivity contribution < 1.29 is 13.2 Å². The van der Waals surface area contributed by atoms with E-state index in [2.05, 4.69) is 11.9 Å². The van der Waals surface area contributed by atoms with E-state index in [1.165, 1.54) is 6.21 Å². The van der Waals surface area contributed by atoms with Crippen LogP contribution in [0.2, 0.25) is 0 Å². The van der Waals surface area contributed by atoms with Crippen LogP contribution in [-0.4, -0.2) is 18.4 Å². The lowest BCUT2D eigenvalue weighted by molar-refractivity contribution is -0.146. The van der Waals surface area contributed by atoms with Gasteiger partial charge in [-0.15, -0.1) is 0 Å². The highest BCUT2D eigenvalue weighted by atomic mass is 19.4. The maximum Gasteiger partial charge on any atom is 0.411 e. The number of halogens is 3. The number of rotatable bonds is 3. The fourth-order valence-electron chi connectivity index (χ4n) is 1.68. The Hall–Kier alpha value is -0.800. The van der Waals surface area contributed by atoms with Crippen LogP contribution in [0.5, 0.6) is 0 Å². The molecule has 86 valence electrons. The normalized spacial score (nSPS) is 23.8. The van der Waals surface area contributed by atoms with Gasteiger partial charge in [-0.05, 0) is 24.3 Å². The van der Waals surface area contributed by atoms with Gasteiger partial charge in [0, 0.05) is 6.21 Å². The summed E-state index contributed by atoms with van der Waals surface area (Å²) in [5, 5.41) is 0. The molecule has 1 heterocycles. The van der Waals surface area contributed by atoms with Crippen LogP contribution < -0.4 is 0 Å². The predicted molar refractivity (Wildman–Crippen MR) is 55.1 cm³/mol. The second-order valence-corrected chi connectivity index (χ2v) is 3.97. The molecule has 0 N–H and O–H groups in total. The Labute approximate surface area is 88.1 Å². The lowest BCUT2D eigenvalue weighted by Crippen LogP contribution is -2.28. The third kappa shape index (κ3) is 3.36. The molecule has 0 saturated heterocycles. The standard InChI is InChI=1S/C11H16F3N/c1-3-4-8(2)9-5-6-10(15-7-9)11(12,13)14/h5,7-8,10H,3-4,6H2,1-2H3/t8-,10-/m1/s1. The van der Waals surface area contributed by atoms with Gasteiger partial charge in [0.15, 0.2) is 0 Å². The van der Waals surface area contributed by atoms with Crippen molar-refractivity contribution in [1.82, 2.24) is 0 Å². The average molecular weight is 219 g/mol. The molecule has 1 nitrogen and oxygen atoms in total.